The van der Waals surface area contributed by atoms with Gasteiger partial charge in [0.25, 0.3) is 0 Å². The zero-order valence-electron chi connectivity index (χ0n) is 13.0. The summed E-state index contributed by atoms with van der Waals surface area (Å²) in [7, 11) is 1.56. The molecule has 0 amide bonds. The lowest BCUT2D eigenvalue weighted by Gasteiger charge is -2.16. The Bertz CT molecular complexity index is 708. The van der Waals surface area contributed by atoms with E-state index < -0.39 is 5.97 Å². The molecule has 0 aliphatic heterocycles. The number of methoxy groups -OCH3 is 1. The van der Waals surface area contributed by atoms with E-state index in [1.54, 1.807) is 31.4 Å². The highest BCUT2D eigenvalue weighted by atomic mass is 16.5. The van der Waals surface area contributed by atoms with Crippen LogP contribution in [0.1, 0.15) is 36.0 Å². The van der Waals surface area contributed by atoms with E-state index in [1.807, 2.05) is 12.1 Å². The number of carboxylic acid groups (broad SMARTS) is 1. The number of rotatable bonds is 5. The number of nitrogens with zero attached hydrogens (tertiary/aromatic N) is 1. The lowest BCUT2D eigenvalue weighted by atomic mass is 10.0. The van der Waals surface area contributed by atoms with Crippen LogP contribution in [-0.2, 0) is 0 Å². The predicted molar refractivity (Wildman–Crippen MR) is 86.1 cm³/mol. The third kappa shape index (κ3) is 3.44. The molecule has 1 aromatic carbocycles. The molecule has 0 radical (unpaired) electrons. The van der Waals surface area contributed by atoms with Crippen molar-refractivity contribution in [2.24, 2.45) is 0 Å². The number of aromatic nitrogens is 1. The van der Waals surface area contributed by atoms with Crippen molar-refractivity contribution in [3.63, 3.8) is 0 Å². The maximum absolute atomic E-state index is 11.2. The number of carboxylic acids is 1. The van der Waals surface area contributed by atoms with Crippen molar-refractivity contribution in [3.8, 4) is 22.9 Å². The number of aromatic carboxylic acids is 1. The summed E-state index contributed by atoms with van der Waals surface area (Å²) in [6.07, 6.45) is 4.54. The van der Waals surface area contributed by atoms with Gasteiger partial charge in [-0.25, -0.2) is 4.79 Å². The molecular formula is C18H19NO4. The molecular weight excluding hydrogens is 294 g/mol. The second kappa shape index (κ2) is 6.69. The highest BCUT2D eigenvalue weighted by Crippen LogP contribution is 2.33. The average Bonchev–Trinajstić information content (AvgIpc) is 3.08. The van der Waals surface area contributed by atoms with Gasteiger partial charge >= 0.3 is 5.97 Å². The smallest absolute Gasteiger partial charge is 0.335 e. The van der Waals surface area contributed by atoms with E-state index in [2.05, 4.69) is 4.98 Å². The molecule has 120 valence electrons. The quantitative estimate of drug-likeness (QED) is 0.910. The van der Waals surface area contributed by atoms with Crippen molar-refractivity contribution in [2.45, 2.75) is 31.8 Å². The second-order valence-corrected chi connectivity index (χ2v) is 5.62. The molecule has 3 rings (SSSR count). The Morgan fingerprint density at radius 1 is 1.22 bits per heavy atom. The summed E-state index contributed by atoms with van der Waals surface area (Å²) in [6.45, 7) is 0. The van der Waals surface area contributed by atoms with Crippen LogP contribution in [0.3, 0.4) is 0 Å². The SMILES string of the molecule is COc1ccc(-c2cccc(C(=O)O)c2)c(OC2CCCC2)n1. The Hall–Kier alpha value is -2.56. The van der Waals surface area contributed by atoms with E-state index >= 15 is 0 Å². The largest absolute Gasteiger partial charge is 0.481 e. The summed E-state index contributed by atoms with van der Waals surface area (Å²) in [4.78, 5) is 15.6. The number of hydrogen-bond acceptors (Lipinski definition) is 4. The van der Waals surface area contributed by atoms with Crippen LogP contribution in [0.2, 0.25) is 0 Å². The molecule has 23 heavy (non-hydrogen) atoms. The third-order valence-corrected chi connectivity index (χ3v) is 4.04. The molecule has 5 nitrogen and oxygen atoms in total. The van der Waals surface area contributed by atoms with Crippen molar-refractivity contribution >= 4 is 5.97 Å². The van der Waals surface area contributed by atoms with Gasteiger partial charge in [-0.1, -0.05) is 12.1 Å². The first kappa shape index (κ1) is 15.3. The second-order valence-electron chi connectivity index (χ2n) is 5.62. The number of hydrogen-bond donors (Lipinski definition) is 1. The molecule has 1 aliphatic carbocycles. The highest BCUT2D eigenvalue weighted by Gasteiger charge is 2.20. The first-order valence-electron chi connectivity index (χ1n) is 7.73. The zero-order valence-corrected chi connectivity index (χ0v) is 13.0. The topological polar surface area (TPSA) is 68.7 Å². The molecule has 1 saturated carbocycles. The molecule has 1 aliphatic rings. The van der Waals surface area contributed by atoms with Gasteiger partial charge in [0.1, 0.15) is 6.10 Å². The fourth-order valence-corrected chi connectivity index (χ4v) is 2.83. The van der Waals surface area contributed by atoms with E-state index in [-0.39, 0.29) is 11.7 Å². The first-order chi connectivity index (χ1) is 11.2. The summed E-state index contributed by atoms with van der Waals surface area (Å²) in [5.41, 5.74) is 1.79. The van der Waals surface area contributed by atoms with Gasteiger partial charge in [-0.3, -0.25) is 0 Å². The Labute approximate surface area is 134 Å². The molecule has 1 heterocycles. The third-order valence-electron chi connectivity index (χ3n) is 4.04. The van der Waals surface area contributed by atoms with Gasteiger partial charge < -0.3 is 14.6 Å². The van der Waals surface area contributed by atoms with Crippen molar-refractivity contribution in [1.29, 1.82) is 0 Å². The van der Waals surface area contributed by atoms with Crippen LogP contribution < -0.4 is 9.47 Å². The van der Waals surface area contributed by atoms with E-state index in [0.29, 0.717) is 11.8 Å². The van der Waals surface area contributed by atoms with Crippen LogP contribution in [0.25, 0.3) is 11.1 Å². The molecule has 0 unspecified atom stereocenters. The van der Waals surface area contributed by atoms with E-state index in [1.165, 1.54) is 12.8 Å². The van der Waals surface area contributed by atoms with Crippen LogP contribution in [0.15, 0.2) is 36.4 Å². The van der Waals surface area contributed by atoms with E-state index in [9.17, 15) is 9.90 Å². The minimum absolute atomic E-state index is 0.163. The fourth-order valence-electron chi connectivity index (χ4n) is 2.83. The van der Waals surface area contributed by atoms with Crippen molar-refractivity contribution in [3.05, 3.63) is 42.0 Å². The normalized spacial score (nSPS) is 14.7. The van der Waals surface area contributed by atoms with E-state index in [4.69, 9.17) is 9.47 Å². The molecule has 1 aromatic heterocycles. The Kier molecular flexibility index (Phi) is 4.46. The number of ether oxygens (including phenoxy) is 2. The van der Waals surface area contributed by atoms with Crippen LogP contribution in [0.4, 0.5) is 0 Å². The van der Waals surface area contributed by atoms with Gasteiger partial charge in [-0.2, -0.15) is 4.98 Å². The minimum atomic E-state index is -0.952. The number of benzene rings is 1. The Balaban J connectivity index is 1.99. The molecule has 0 atom stereocenters. The maximum atomic E-state index is 11.2. The van der Waals surface area contributed by atoms with Gasteiger partial charge in [-0.05, 0) is 49.4 Å². The summed E-state index contributed by atoms with van der Waals surface area (Å²) in [5.74, 6) is 0.0292. The Morgan fingerprint density at radius 3 is 2.70 bits per heavy atom. The lowest BCUT2D eigenvalue weighted by molar-refractivity contribution is 0.0697. The van der Waals surface area contributed by atoms with Crippen LogP contribution in [0.5, 0.6) is 11.8 Å². The van der Waals surface area contributed by atoms with Crippen molar-refractivity contribution in [2.75, 3.05) is 7.11 Å². The molecule has 1 N–H and O–H groups in total. The van der Waals surface area contributed by atoms with Gasteiger partial charge in [0.15, 0.2) is 0 Å². The monoisotopic (exact) mass is 313 g/mol. The number of carbonyl (C=O) groups is 1. The first-order valence-corrected chi connectivity index (χ1v) is 7.73. The zero-order chi connectivity index (χ0) is 16.2. The molecule has 0 bridgehead atoms. The summed E-state index contributed by atoms with van der Waals surface area (Å²) < 4.78 is 11.3. The highest BCUT2D eigenvalue weighted by molar-refractivity contribution is 5.89. The minimum Gasteiger partial charge on any atom is -0.481 e. The van der Waals surface area contributed by atoms with Crippen LogP contribution >= 0.6 is 0 Å². The van der Waals surface area contributed by atoms with Gasteiger partial charge in [0.05, 0.1) is 12.7 Å². The molecule has 5 heteroatoms. The van der Waals surface area contributed by atoms with E-state index in [0.717, 1.165) is 24.0 Å². The molecule has 0 saturated heterocycles. The molecule has 0 spiro atoms. The summed E-state index contributed by atoms with van der Waals surface area (Å²) >= 11 is 0. The molecule has 1 fully saturated rings. The number of pyridine rings is 1. The summed E-state index contributed by atoms with van der Waals surface area (Å²) in [6, 6.07) is 10.4. The van der Waals surface area contributed by atoms with Crippen molar-refractivity contribution in [1.82, 2.24) is 4.98 Å². The fraction of sp³-hybridized carbons (Fsp3) is 0.333. The van der Waals surface area contributed by atoms with Gasteiger partial charge in [0.2, 0.25) is 11.8 Å². The maximum Gasteiger partial charge on any atom is 0.335 e. The van der Waals surface area contributed by atoms with Crippen LogP contribution in [0, 0.1) is 0 Å². The van der Waals surface area contributed by atoms with Crippen LogP contribution in [-0.4, -0.2) is 29.3 Å². The lowest BCUT2D eigenvalue weighted by Crippen LogP contribution is -2.13. The van der Waals surface area contributed by atoms with Crippen molar-refractivity contribution < 1.29 is 19.4 Å². The predicted octanol–water partition coefficient (Wildman–Crippen LogP) is 3.78. The standard InChI is InChI=1S/C18H19NO4/c1-22-16-10-9-15(12-5-4-6-13(11-12)18(20)21)17(19-16)23-14-7-2-3-8-14/h4-6,9-11,14H,2-3,7-8H2,1H3,(H,20,21). The van der Waals surface area contributed by atoms with Gasteiger partial charge in [-0.15, -0.1) is 0 Å². The molecule has 2 aromatic rings. The average molecular weight is 313 g/mol. The summed E-state index contributed by atoms with van der Waals surface area (Å²) in [5, 5.41) is 9.17. The van der Waals surface area contributed by atoms with Gasteiger partial charge in [0, 0.05) is 11.6 Å². The Morgan fingerprint density at radius 2 is 2.00 bits per heavy atom.